The predicted octanol–water partition coefficient (Wildman–Crippen LogP) is 0.569. The molecule has 134 valence electrons. The van der Waals surface area contributed by atoms with Crippen molar-refractivity contribution in [3.8, 4) is 0 Å². The van der Waals surface area contributed by atoms with Crippen LogP contribution in [0.2, 0.25) is 0 Å². The highest BCUT2D eigenvalue weighted by Crippen LogP contribution is 2.13. The monoisotopic (exact) mass is 369 g/mol. The lowest BCUT2D eigenvalue weighted by Crippen LogP contribution is -2.43. The van der Waals surface area contributed by atoms with E-state index in [1.165, 1.54) is 34.7 Å². The molecular formula is C13H23NO7S2. The summed E-state index contributed by atoms with van der Waals surface area (Å²) in [6.45, 7) is 5.32. The van der Waals surface area contributed by atoms with Gasteiger partial charge in [-0.3, -0.25) is 9.59 Å². The standard InChI is InChI=1S/C13H23NO7S2/c1-8(2)23(19,20)14(5)6-11(12(16)17)21-13(18)9(3)7-22-10(4)15/h8-9,11H,6-7H2,1-5H3,(H,16,17)/t9-,11+/m1/s1. The van der Waals surface area contributed by atoms with Gasteiger partial charge in [0.2, 0.25) is 16.1 Å². The third kappa shape index (κ3) is 7.32. The Morgan fingerprint density at radius 3 is 2.13 bits per heavy atom. The molecule has 0 heterocycles. The summed E-state index contributed by atoms with van der Waals surface area (Å²) < 4.78 is 29.6. The summed E-state index contributed by atoms with van der Waals surface area (Å²) in [5, 5.41) is 8.23. The Hall–Kier alpha value is -1.13. The number of nitrogens with zero attached hydrogens (tertiary/aromatic N) is 1. The summed E-state index contributed by atoms with van der Waals surface area (Å²) in [6, 6.07) is 0. The van der Waals surface area contributed by atoms with Crippen molar-refractivity contribution >= 4 is 38.8 Å². The summed E-state index contributed by atoms with van der Waals surface area (Å²) in [5.74, 6) is -2.74. The van der Waals surface area contributed by atoms with Crippen molar-refractivity contribution < 1.29 is 32.6 Å². The molecule has 0 aromatic heterocycles. The first-order valence-electron chi connectivity index (χ1n) is 6.91. The number of thioether (sulfide) groups is 1. The summed E-state index contributed by atoms with van der Waals surface area (Å²) in [6.07, 6.45) is -1.61. The summed E-state index contributed by atoms with van der Waals surface area (Å²) >= 11 is 0.932. The molecule has 0 amide bonds. The van der Waals surface area contributed by atoms with E-state index in [2.05, 4.69) is 0 Å². The van der Waals surface area contributed by atoms with Gasteiger partial charge in [-0.15, -0.1) is 0 Å². The van der Waals surface area contributed by atoms with Crippen LogP contribution in [-0.2, 0) is 29.1 Å². The molecule has 0 rings (SSSR count). The van der Waals surface area contributed by atoms with Gasteiger partial charge < -0.3 is 9.84 Å². The predicted molar refractivity (Wildman–Crippen MR) is 86.5 cm³/mol. The molecule has 10 heteroatoms. The number of carboxylic acids is 1. The number of rotatable bonds is 9. The zero-order chi connectivity index (χ0) is 18.4. The molecular weight excluding hydrogens is 346 g/mol. The number of carboxylic acid groups (broad SMARTS) is 1. The second-order valence-corrected chi connectivity index (χ2v) is 9.13. The van der Waals surface area contributed by atoms with Gasteiger partial charge in [-0.1, -0.05) is 18.7 Å². The molecule has 0 aromatic rings. The van der Waals surface area contributed by atoms with Gasteiger partial charge in [0.15, 0.2) is 5.12 Å². The highest BCUT2D eigenvalue weighted by Gasteiger charge is 2.31. The Balaban J connectivity index is 4.85. The van der Waals surface area contributed by atoms with E-state index in [9.17, 15) is 22.8 Å². The maximum atomic E-state index is 11.9. The van der Waals surface area contributed by atoms with Crippen molar-refractivity contribution in [2.24, 2.45) is 5.92 Å². The quantitative estimate of drug-likeness (QED) is 0.586. The highest BCUT2D eigenvalue weighted by atomic mass is 32.2. The second-order valence-electron chi connectivity index (χ2n) is 5.34. The van der Waals surface area contributed by atoms with Crippen LogP contribution in [0.3, 0.4) is 0 Å². The topological polar surface area (TPSA) is 118 Å². The number of esters is 1. The van der Waals surface area contributed by atoms with Crippen molar-refractivity contribution in [2.45, 2.75) is 39.0 Å². The Kier molecular flexibility index (Phi) is 8.78. The fraction of sp³-hybridized carbons (Fsp3) is 0.769. The minimum atomic E-state index is -3.65. The molecule has 0 fully saturated rings. The first-order chi connectivity index (χ1) is 10.4. The van der Waals surface area contributed by atoms with Crippen LogP contribution >= 0.6 is 11.8 Å². The molecule has 0 saturated heterocycles. The van der Waals surface area contributed by atoms with Crippen molar-refractivity contribution in [3.05, 3.63) is 0 Å². The third-order valence-electron chi connectivity index (χ3n) is 2.93. The molecule has 0 spiro atoms. The maximum Gasteiger partial charge on any atom is 0.346 e. The van der Waals surface area contributed by atoms with E-state index in [4.69, 9.17) is 9.84 Å². The fourth-order valence-corrected chi connectivity index (χ4v) is 3.11. The zero-order valence-electron chi connectivity index (χ0n) is 13.8. The molecule has 0 saturated carbocycles. The third-order valence-corrected chi connectivity index (χ3v) is 6.21. The molecule has 0 aliphatic heterocycles. The van der Waals surface area contributed by atoms with Crippen LogP contribution in [0.1, 0.15) is 27.7 Å². The van der Waals surface area contributed by atoms with Gasteiger partial charge >= 0.3 is 11.9 Å². The highest BCUT2D eigenvalue weighted by molar-refractivity contribution is 8.13. The summed E-state index contributed by atoms with van der Waals surface area (Å²) in [7, 11) is -2.42. The number of aliphatic carboxylic acids is 1. The van der Waals surface area contributed by atoms with Crippen LogP contribution in [0, 0.1) is 5.92 Å². The molecule has 23 heavy (non-hydrogen) atoms. The smallest absolute Gasteiger partial charge is 0.346 e. The molecule has 0 aliphatic rings. The van der Waals surface area contributed by atoms with E-state index in [1.807, 2.05) is 0 Å². The second kappa shape index (κ2) is 9.24. The van der Waals surface area contributed by atoms with E-state index < -0.39 is 45.8 Å². The number of hydrogen-bond donors (Lipinski definition) is 1. The normalized spacial score (nSPS) is 14.6. The van der Waals surface area contributed by atoms with Crippen LogP contribution in [-0.4, -0.2) is 65.6 Å². The number of ether oxygens (including phenoxy) is 1. The summed E-state index contributed by atoms with van der Waals surface area (Å²) in [5.41, 5.74) is 0. The Morgan fingerprint density at radius 2 is 1.74 bits per heavy atom. The molecule has 0 bridgehead atoms. The van der Waals surface area contributed by atoms with E-state index in [1.54, 1.807) is 0 Å². The number of carbonyl (C=O) groups excluding carboxylic acids is 2. The van der Waals surface area contributed by atoms with Gasteiger partial charge in [-0.2, -0.15) is 0 Å². The SMILES string of the molecule is CC(=O)SC[C@@H](C)C(=O)O[C@@H](CN(C)S(=O)(=O)C(C)C)C(=O)O. The van der Waals surface area contributed by atoms with Gasteiger partial charge in [0.1, 0.15) is 0 Å². The first kappa shape index (κ1) is 21.9. The molecule has 8 nitrogen and oxygen atoms in total. The van der Waals surface area contributed by atoms with Crippen molar-refractivity contribution in [1.29, 1.82) is 0 Å². The largest absolute Gasteiger partial charge is 0.478 e. The molecule has 0 aliphatic carbocycles. The van der Waals surface area contributed by atoms with E-state index >= 15 is 0 Å². The van der Waals surface area contributed by atoms with E-state index in [0.717, 1.165) is 16.1 Å². The molecule has 1 N–H and O–H groups in total. The van der Waals surface area contributed by atoms with Gasteiger partial charge in [-0.25, -0.2) is 17.5 Å². The molecule has 2 atom stereocenters. The maximum absolute atomic E-state index is 11.9. The Bertz CT molecular complexity index is 545. The zero-order valence-corrected chi connectivity index (χ0v) is 15.4. The lowest BCUT2D eigenvalue weighted by Gasteiger charge is -2.24. The first-order valence-corrected chi connectivity index (χ1v) is 9.40. The Morgan fingerprint density at radius 1 is 1.22 bits per heavy atom. The van der Waals surface area contributed by atoms with Crippen LogP contribution in [0.15, 0.2) is 0 Å². The van der Waals surface area contributed by atoms with Gasteiger partial charge in [0, 0.05) is 19.7 Å². The van der Waals surface area contributed by atoms with Crippen molar-refractivity contribution in [1.82, 2.24) is 4.31 Å². The number of likely N-dealkylation sites (N-methyl/N-ethyl adjacent to an activating group) is 1. The minimum absolute atomic E-state index is 0.165. The Labute approximate surface area is 140 Å². The molecule has 0 unspecified atom stereocenters. The average molecular weight is 369 g/mol. The number of carbonyl (C=O) groups is 3. The fourth-order valence-electron chi connectivity index (χ4n) is 1.43. The van der Waals surface area contributed by atoms with Crippen molar-refractivity contribution in [2.75, 3.05) is 19.3 Å². The molecule has 0 aromatic carbocycles. The molecule has 0 radical (unpaired) electrons. The lowest BCUT2D eigenvalue weighted by atomic mass is 10.2. The van der Waals surface area contributed by atoms with Crippen LogP contribution in [0.4, 0.5) is 0 Å². The average Bonchev–Trinajstić information content (AvgIpc) is 2.42. The number of sulfonamides is 1. The summed E-state index contributed by atoms with van der Waals surface area (Å²) in [4.78, 5) is 33.9. The van der Waals surface area contributed by atoms with Crippen molar-refractivity contribution in [3.63, 3.8) is 0 Å². The van der Waals surface area contributed by atoms with Gasteiger partial charge in [-0.05, 0) is 13.8 Å². The van der Waals surface area contributed by atoms with E-state index in [-0.39, 0.29) is 10.9 Å². The lowest BCUT2D eigenvalue weighted by molar-refractivity contribution is -0.166. The van der Waals surface area contributed by atoms with Crippen LogP contribution in [0.25, 0.3) is 0 Å². The van der Waals surface area contributed by atoms with Gasteiger partial charge in [0.25, 0.3) is 0 Å². The number of hydrogen-bond acceptors (Lipinski definition) is 7. The van der Waals surface area contributed by atoms with E-state index in [0.29, 0.717) is 0 Å². The van der Waals surface area contributed by atoms with Crippen LogP contribution < -0.4 is 0 Å². The van der Waals surface area contributed by atoms with Crippen LogP contribution in [0.5, 0.6) is 0 Å². The minimum Gasteiger partial charge on any atom is -0.478 e. The van der Waals surface area contributed by atoms with Gasteiger partial charge in [0.05, 0.1) is 17.7 Å².